The van der Waals surface area contributed by atoms with Gasteiger partial charge in [0.1, 0.15) is 13.2 Å². The average Bonchev–Trinajstić information content (AvgIpc) is 2.52. The molecule has 21 heavy (non-hydrogen) atoms. The normalized spacial score (nSPS) is 14.6. The van der Waals surface area contributed by atoms with E-state index < -0.39 is 6.10 Å². The maximum atomic E-state index is 11.4. The van der Waals surface area contributed by atoms with Crippen molar-refractivity contribution in [2.24, 2.45) is 0 Å². The molecule has 1 aromatic carbocycles. The molecule has 3 N–H and O–H groups in total. The summed E-state index contributed by atoms with van der Waals surface area (Å²) in [6.45, 7) is 4.23. The molecule has 0 radical (unpaired) electrons. The molecule has 1 aliphatic rings. The van der Waals surface area contributed by atoms with E-state index in [1.54, 1.807) is 18.2 Å². The molecule has 6 heteroatoms. The van der Waals surface area contributed by atoms with Crippen molar-refractivity contribution in [3.8, 4) is 11.5 Å². The van der Waals surface area contributed by atoms with E-state index in [1.165, 1.54) is 0 Å². The zero-order chi connectivity index (χ0) is 15.1. The number of amides is 1. The fraction of sp³-hybridized carbons (Fsp3) is 0.533. The van der Waals surface area contributed by atoms with E-state index in [1.807, 2.05) is 6.92 Å². The van der Waals surface area contributed by atoms with Gasteiger partial charge in [-0.3, -0.25) is 4.79 Å². The Kier molecular flexibility index (Phi) is 5.83. The van der Waals surface area contributed by atoms with Gasteiger partial charge in [-0.1, -0.05) is 13.0 Å². The monoisotopic (exact) mass is 294 g/mol. The van der Waals surface area contributed by atoms with Crippen LogP contribution in [0.2, 0.25) is 0 Å². The van der Waals surface area contributed by atoms with E-state index in [0.29, 0.717) is 37.8 Å². The lowest BCUT2D eigenvalue weighted by molar-refractivity contribution is -0.120. The van der Waals surface area contributed by atoms with E-state index >= 15 is 0 Å². The van der Waals surface area contributed by atoms with Crippen LogP contribution < -0.4 is 20.1 Å². The van der Waals surface area contributed by atoms with Gasteiger partial charge < -0.3 is 25.2 Å². The Balaban J connectivity index is 1.80. The number of rotatable bonds is 7. The Bertz CT molecular complexity index is 479. The molecule has 6 nitrogen and oxygen atoms in total. The minimum atomic E-state index is -0.695. The van der Waals surface area contributed by atoms with E-state index in [4.69, 9.17) is 9.47 Å². The van der Waals surface area contributed by atoms with Crippen LogP contribution in [0.15, 0.2) is 18.2 Å². The smallest absolute Gasteiger partial charge is 0.233 e. The summed E-state index contributed by atoms with van der Waals surface area (Å²) in [5.74, 6) is 1.29. The van der Waals surface area contributed by atoms with Crippen LogP contribution in [0.3, 0.4) is 0 Å². The molecule has 2 rings (SSSR count). The summed E-state index contributed by atoms with van der Waals surface area (Å²) < 4.78 is 10.9. The number of carbonyl (C=O) groups is 1. The predicted octanol–water partition coefficient (Wildman–Crippen LogP) is 0.607. The van der Waals surface area contributed by atoms with Crippen molar-refractivity contribution in [1.82, 2.24) is 10.6 Å². The first-order valence-corrected chi connectivity index (χ1v) is 7.25. The maximum Gasteiger partial charge on any atom is 0.233 e. The van der Waals surface area contributed by atoms with Gasteiger partial charge in [0, 0.05) is 13.1 Å². The van der Waals surface area contributed by atoms with Gasteiger partial charge in [-0.25, -0.2) is 0 Å². The lowest BCUT2D eigenvalue weighted by Crippen LogP contribution is -2.35. The molecule has 0 fully saturated rings. The molecule has 1 amide bonds. The predicted molar refractivity (Wildman–Crippen MR) is 78.6 cm³/mol. The number of carbonyl (C=O) groups excluding carboxylic acids is 1. The van der Waals surface area contributed by atoms with Gasteiger partial charge in [0.15, 0.2) is 11.5 Å². The van der Waals surface area contributed by atoms with Crippen LogP contribution in [0.4, 0.5) is 0 Å². The fourth-order valence-electron chi connectivity index (χ4n) is 2.03. The largest absolute Gasteiger partial charge is 0.486 e. The summed E-state index contributed by atoms with van der Waals surface area (Å²) in [6.07, 6.45) is 0.214. The molecule has 0 aliphatic carbocycles. The highest BCUT2D eigenvalue weighted by Crippen LogP contribution is 2.32. The number of nitrogens with one attached hydrogen (secondary N) is 2. The molecule has 1 aliphatic heterocycles. The first-order valence-electron chi connectivity index (χ1n) is 7.25. The molecule has 1 atom stereocenters. The Morgan fingerprint density at radius 1 is 1.33 bits per heavy atom. The van der Waals surface area contributed by atoms with Crippen molar-refractivity contribution in [3.63, 3.8) is 0 Å². The molecular formula is C15H22N2O4. The van der Waals surface area contributed by atoms with E-state index in [0.717, 1.165) is 12.0 Å². The average molecular weight is 294 g/mol. The van der Waals surface area contributed by atoms with E-state index in [2.05, 4.69) is 10.6 Å². The Hall–Kier alpha value is -1.79. The molecular weight excluding hydrogens is 272 g/mol. The number of aliphatic hydroxyl groups is 1. The standard InChI is InChI=1S/C15H22N2O4/c1-2-5-17-15(19)10-16-9-12(18)11-3-4-13-14(8-11)21-7-6-20-13/h3-4,8,12,16,18H,2,5-7,9-10H2,1H3,(H,17,19). The minimum absolute atomic E-state index is 0.0637. The summed E-state index contributed by atoms with van der Waals surface area (Å²) in [7, 11) is 0. The second-order valence-electron chi connectivity index (χ2n) is 4.90. The third-order valence-electron chi connectivity index (χ3n) is 3.15. The van der Waals surface area contributed by atoms with Gasteiger partial charge in [0.05, 0.1) is 12.6 Å². The molecule has 0 aromatic heterocycles. The summed E-state index contributed by atoms with van der Waals surface area (Å²) in [4.78, 5) is 11.4. The fourth-order valence-corrected chi connectivity index (χ4v) is 2.03. The number of hydrogen-bond donors (Lipinski definition) is 3. The number of benzene rings is 1. The first-order chi connectivity index (χ1) is 10.2. The zero-order valence-electron chi connectivity index (χ0n) is 12.2. The van der Waals surface area contributed by atoms with Crippen LogP contribution in [0, 0.1) is 0 Å². The van der Waals surface area contributed by atoms with E-state index in [9.17, 15) is 9.90 Å². The second-order valence-corrected chi connectivity index (χ2v) is 4.90. The Morgan fingerprint density at radius 2 is 2.10 bits per heavy atom. The molecule has 0 spiro atoms. The lowest BCUT2D eigenvalue weighted by Gasteiger charge is -2.20. The number of hydrogen-bond acceptors (Lipinski definition) is 5. The van der Waals surface area contributed by atoms with Crippen LogP contribution in [0.25, 0.3) is 0 Å². The lowest BCUT2D eigenvalue weighted by atomic mass is 10.1. The van der Waals surface area contributed by atoms with Crippen molar-refractivity contribution in [3.05, 3.63) is 23.8 Å². The van der Waals surface area contributed by atoms with Crippen LogP contribution in [-0.4, -0.2) is 43.9 Å². The van der Waals surface area contributed by atoms with Gasteiger partial charge in [0.25, 0.3) is 0 Å². The van der Waals surface area contributed by atoms with Crippen molar-refractivity contribution < 1.29 is 19.4 Å². The minimum Gasteiger partial charge on any atom is -0.486 e. The molecule has 1 heterocycles. The highest BCUT2D eigenvalue weighted by atomic mass is 16.6. The van der Waals surface area contributed by atoms with Crippen molar-refractivity contribution >= 4 is 5.91 Å². The summed E-state index contributed by atoms with van der Waals surface area (Å²) in [6, 6.07) is 5.37. The second kappa shape index (κ2) is 7.85. The Morgan fingerprint density at radius 3 is 2.86 bits per heavy atom. The van der Waals surface area contributed by atoms with Crippen LogP contribution in [0.5, 0.6) is 11.5 Å². The molecule has 1 aromatic rings. The maximum absolute atomic E-state index is 11.4. The summed E-state index contributed by atoms with van der Waals surface area (Å²) in [5, 5.41) is 15.8. The van der Waals surface area contributed by atoms with Gasteiger partial charge in [0.2, 0.25) is 5.91 Å². The van der Waals surface area contributed by atoms with Gasteiger partial charge in [-0.05, 0) is 24.1 Å². The van der Waals surface area contributed by atoms with Crippen molar-refractivity contribution in [2.75, 3.05) is 32.8 Å². The quantitative estimate of drug-likeness (QED) is 0.686. The highest BCUT2D eigenvalue weighted by Gasteiger charge is 2.15. The molecule has 116 valence electrons. The number of fused-ring (bicyclic) bond motifs is 1. The van der Waals surface area contributed by atoms with Gasteiger partial charge in [-0.15, -0.1) is 0 Å². The Labute approximate surface area is 124 Å². The summed E-state index contributed by atoms with van der Waals surface area (Å²) >= 11 is 0. The molecule has 1 unspecified atom stereocenters. The van der Waals surface area contributed by atoms with Crippen LogP contribution in [-0.2, 0) is 4.79 Å². The molecule has 0 bridgehead atoms. The van der Waals surface area contributed by atoms with Crippen LogP contribution >= 0.6 is 0 Å². The van der Waals surface area contributed by atoms with Crippen molar-refractivity contribution in [2.45, 2.75) is 19.4 Å². The number of aliphatic hydroxyl groups excluding tert-OH is 1. The first kappa shape index (κ1) is 15.6. The van der Waals surface area contributed by atoms with Gasteiger partial charge >= 0.3 is 0 Å². The summed E-state index contributed by atoms with van der Waals surface area (Å²) in [5.41, 5.74) is 0.737. The third kappa shape index (κ3) is 4.61. The third-order valence-corrected chi connectivity index (χ3v) is 3.15. The molecule has 0 saturated heterocycles. The SMILES string of the molecule is CCCNC(=O)CNCC(O)c1ccc2c(c1)OCCO2. The van der Waals surface area contributed by atoms with Crippen LogP contribution in [0.1, 0.15) is 25.0 Å². The molecule has 0 saturated carbocycles. The topological polar surface area (TPSA) is 79.8 Å². The van der Waals surface area contributed by atoms with Gasteiger partial charge in [-0.2, -0.15) is 0 Å². The van der Waals surface area contributed by atoms with E-state index in [-0.39, 0.29) is 12.5 Å². The zero-order valence-corrected chi connectivity index (χ0v) is 12.2. The van der Waals surface area contributed by atoms with Crippen molar-refractivity contribution in [1.29, 1.82) is 0 Å². The highest BCUT2D eigenvalue weighted by molar-refractivity contribution is 5.77. The number of ether oxygens (including phenoxy) is 2.